The molecule has 0 aliphatic carbocycles. The van der Waals surface area contributed by atoms with Crippen molar-refractivity contribution in [2.24, 2.45) is 0 Å². The molecule has 5 nitrogen and oxygen atoms in total. The van der Waals surface area contributed by atoms with Gasteiger partial charge in [-0.3, -0.25) is 4.79 Å². The number of ether oxygens (including phenoxy) is 4. The number of ketones is 1. The first kappa shape index (κ1) is 20.7. The summed E-state index contributed by atoms with van der Waals surface area (Å²) in [5, 5.41) is 0. The van der Waals surface area contributed by atoms with E-state index in [0.717, 1.165) is 10.6 Å². The van der Waals surface area contributed by atoms with Gasteiger partial charge >= 0.3 is 0 Å². The lowest BCUT2D eigenvalue weighted by molar-refractivity contribution is 0.104. The minimum atomic E-state index is -0.0983. The SMILES string of the molecule is CCSc1ccc(C(=O)C=Cc2cc(OC)c(OC)c(OC)c2OC)cc1. The molecule has 0 atom stereocenters. The van der Waals surface area contributed by atoms with Gasteiger partial charge in [0.1, 0.15) is 0 Å². The summed E-state index contributed by atoms with van der Waals surface area (Å²) in [6, 6.07) is 9.31. The van der Waals surface area contributed by atoms with E-state index in [9.17, 15) is 4.79 Å². The van der Waals surface area contributed by atoms with Crippen molar-refractivity contribution in [1.29, 1.82) is 0 Å². The highest BCUT2D eigenvalue weighted by molar-refractivity contribution is 7.99. The molecule has 2 rings (SSSR count). The zero-order valence-corrected chi connectivity index (χ0v) is 17.0. The van der Waals surface area contributed by atoms with Crippen LogP contribution >= 0.6 is 11.8 Å². The lowest BCUT2D eigenvalue weighted by atomic mass is 10.1. The van der Waals surface area contributed by atoms with E-state index in [0.29, 0.717) is 34.1 Å². The first-order valence-corrected chi connectivity index (χ1v) is 9.40. The molecule has 0 saturated heterocycles. The molecule has 0 aliphatic heterocycles. The largest absolute Gasteiger partial charge is 0.493 e. The summed E-state index contributed by atoms with van der Waals surface area (Å²) in [6.07, 6.45) is 3.19. The number of hydrogen-bond donors (Lipinski definition) is 0. The normalized spacial score (nSPS) is 10.7. The van der Waals surface area contributed by atoms with Crippen LogP contribution in [0.5, 0.6) is 23.0 Å². The van der Waals surface area contributed by atoms with Gasteiger partial charge in [0.25, 0.3) is 0 Å². The second kappa shape index (κ2) is 9.92. The second-order valence-corrected chi connectivity index (χ2v) is 6.76. The molecule has 144 valence electrons. The fourth-order valence-electron chi connectivity index (χ4n) is 2.63. The van der Waals surface area contributed by atoms with Crippen molar-refractivity contribution in [3.8, 4) is 23.0 Å². The van der Waals surface area contributed by atoms with Gasteiger partial charge in [-0.05, 0) is 48.2 Å². The third-order valence-corrected chi connectivity index (χ3v) is 4.78. The van der Waals surface area contributed by atoms with E-state index in [1.54, 1.807) is 23.9 Å². The number of methoxy groups -OCH3 is 4. The molecular formula is C21H24O5S. The van der Waals surface area contributed by atoms with Crippen LogP contribution in [0.4, 0.5) is 0 Å². The number of thioether (sulfide) groups is 1. The summed E-state index contributed by atoms with van der Waals surface area (Å²) < 4.78 is 21.6. The summed E-state index contributed by atoms with van der Waals surface area (Å²) >= 11 is 1.74. The maximum Gasteiger partial charge on any atom is 0.207 e. The summed E-state index contributed by atoms with van der Waals surface area (Å²) in [5.41, 5.74) is 1.27. The Morgan fingerprint density at radius 1 is 0.926 bits per heavy atom. The van der Waals surface area contributed by atoms with Crippen molar-refractivity contribution < 1.29 is 23.7 Å². The van der Waals surface area contributed by atoms with Crippen LogP contribution < -0.4 is 18.9 Å². The highest BCUT2D eigenvalue weighted by atomic mass is 32.2. The Labute approximate surface area is 164 Å². The average molecular weight is 388 g/mol. The van der Waals surface area contributed by atoms with Crippen molar-refractivity contribution in [2.45, 2.75) is 11.8 Å². The molecule has 2 aromatic rings. The van der Waals surface area contributed by atoms with Gasteiger partial charge in [-0.25, -0.2) is 0 Å². The molecule has 0 aliphatic rings. The van der Waals surface area contributed by atoms with Crippen LogP contribution in [-0.2, 0) is 0 Å². The standard InChI is InChI=1S/C21H24O5S/c1-6-27-16-10-7-14(8-11-16)17(22)12-9-15-13-18(23-2)20(25-4)21(26-5)19(15)24-3/h7-13H,6H2,1-5H3. The number of allylic oxidation sites excluding steroid dienone is 1. The molecule has 27 heavy (non-hydrogen) atoms. The van der Waals surface area contributed by atoms with Gasteiger partial charge in [0, 0.05) is 16.0 Å². The Balaban J connectivity index is 2.35. The van der Waals surface area contributed by atoms with E-state index < -0.39 is 0 Å². The molecule has 0 amide bonds. The van der Waals surface area contributed by atoms with Crippen molar-refractivity contribution in [2.75, 3.05) is 34.2 Å². The molecule has 2 aromatic carbocycles. The first-order valence-electron chi connectivity index (χ1n) is 8.41. The van der Waals surface area contributed by atoms with Crippen LogP contribution in [0.25, 0.3) is 6.08 Å². The zero-order chi connectivity index (χ0) is 19.8. The average Bonchev–Trinajstić information content (AvgIpc) is 2.71. The Kier molecular flexibility index (Phi) is 7.61. The highest BCUT2D eigenvalue weighted by Gasteiger charge is 2.20. The van der Waals surface area contributed by atoms with Gasteiger partial charge in [-0.1, -0.05) is 6.92 Å². The predicted molar refractivity (Wildman–Crippen MR) is 109 cm³/mol. The summed E-state index contributed by atoms with van der Waals surface area (Å²) in [7, 11) is 6.12. The maximum absolute atomic E-state index is 12.5. The van der Waals surface area contributed by atoms with Gasteiger partial charge in [0.15, 0.2) is 17.3 Å². The fourth-order valence-corrected chi connectivity index (χ4v) is 3.29. The van der Waals surface area contributed by atoms with Crippen molar-refractivity contribution in [1.82, 2.24) is 0 Å². The molecule has 0 bridgehead atoms. The van der Waals surface area contributed by atoms with Gasteiger partial charge in [0.2, 0.25) is 11.5 Å². The number of carbonyl (C=O) groups excluding carboxylic acids is 1. The number of carbonyl (C=O) groups is 1. The highest BCUT2D eigenvalue weighted by Crippen LogP contribution is 2.46. The molecule has 0 N–H and O–H groups in total. The summed E-state index contributed by atoms with van der Waals surface area (Å²) in [6.45, 7) is 2.09. The molecular weight excluding hydrogens is 364 g/mol. The molecule has 0 heterocycles. The van der Waals surface area contributed by atoms with Crippen molar-refractivity contribution in [3.63, 3.8) is 0 Å². The van der Waals surface area contributed by atoms with E-state index in [2.05, 4.69) is 6.92 Å². The van der Waals surface area contributed by atoms with E-state index in [1.165, 1.54) is 34.5 Å². The van der Waals surface area contributed by atoms with Crippen LogP contribution in [-0.4, -0.2) is 40.0 Å². The Bertz CT molecular complexity index is 812. The Morgan fingerprint density at radius 2 is 1.56 bits per heavy atom. The van der Waals surface area contributed by atoms with Crippen molar-refractivity contribution in [3.05, 3.63) is 47.5 Å². The predicted octanol–water partition coefficient (Wildman–Crippen LogP) is 4.73. The molecule has 0 unspecified atom stereocenters. The van der Waals surface area contributed by atoms with Crippen LogP contribution in [0, 0.1) is 0 Å². The van der Waals surface area contributed by atoms with Crippen LogP contribution in [0.2, 0.25) is 0 Å². The van der Waals surface area contributed by atoms with Crippen LogP contribution in [0.3, 0.4) is 0 Å². The molecule has 0 saturated carbocycles. The molecule has 0 aromatic heterocycles. The van der Waals surface area contributed by atoms with E-state index in [1.807, 2.05) is 24.3 Å². The quantitative estimate of drug-likeness (QED) is 0.352. The molecule has 6 heteroatoms. The van der Waals surface area contributed by atoms with Gasteiger partial charge in [-0.15, -0.1) is 11.8 Å². The first-order chi connectivity index (χ1) is 13.1. The minimum absolute atomic E-state index is 0.0983. The Hall–Kier alpha value is -2.60. The fraction of sp³-hybridized carbons (Fsp3) is 0.286. The summed E-state index contributed by atoms with van der Waals surface area (Å²) in [5.74, 6) is 2.70. The van der Waals surface area contributed by atoms with Crippen LogP contribution in [0.15, 0.2) is 41.3 Å². The molecule has 0 radical (unpaired) electrons. The zero-order valence-electron chi connectivity index (χ0n) is 16.2. The third-order valence-electron chi connectivity index (χ3n) is 3.88. The lowest BCUT2D eigenvalue weighted by Crippen LogP contribution is -2.00. The Morgan fingerprint density at radius 3 is 2.07 bits per heavy atom. The third kappa shape index (κ3) is 4.77. The van der Waals surface area contributed by atoms with E-state index in [4.69, 9.17) is 18.9 Å². The lowest BCUT2D eigenvalue weighted by Gasteiger charge is -2.17. The van der Waals surface area contributed by atoms with Gasteiger partial charge in [0.05, 0.1) is 28.4 Å². The number of benzene rings is 2. The smallest absolute Gasteiger partial charge is 0.207 e. The van der Waals surface area contributed by atoms with Crippen molar-refractivity contribution >= 4 is 23.6 Å². The topological polar surface area (TPSA) is 54.0 Å². The van der Waals surface area contributed by atoms with E-state index >= 15 is 0 Å². The summed E-state index contributed by atoms with van der Waals surface area (Å²) in [4.78, 5) is 13.6. The van der Waals surface area contributed by atoms with Gasteiger partial charge in [-0.2, -0.15) is 0 Å². The van der Waals surface area contributed by atoms with Gasteiger partial charge < -0.3 is 18.9 Å². The van der Waals surface area contributed by atoms with E-state index in [-0.39, 0.29) is 5.78 Å². The number of hydrogen-bond acceptors (Lipinski definition) is 6. The van der Waals surface area contributed by atoms with Crippen LogP contribution in [0.1, 0.15) is 22.8 Å². The number of rotatable bonds is 9. The molecule has 0 spiro atoms. The monoisotopic (exact) mass is 388 g/mol. The minimum Gasteiger partial charge on any atom is -0.493 e. The second-order valence-electron chi connectivity index (χ2n) is 5.42. The maximum atomic E-state index is 12.5. The molecule has 0 fully saturated rings.